The summed E-state index contributed by atoms with van der Waals surface area (Å²) < 4.78 is 28.0. The van der Waals surface area contributed by atoms with Crippen molar-refractivity contribution in [3.63, 3.8) is 0 Å². The molecule has 7 heteroatoms. The molecule has 2 aliphatic rings. The maximum absolute atomic E-state index is 11.8. The van der Waals surface area contributed by atoms with Gasteiger partial charge >= 0.3 is 0 Å². The Bertz CT molecular complexity index is 625. The van der Waals surface area contributed by atoms with Gasteiger partial charge in [0.2, 0.25) is 0 Å². The summed E-state index contributed by atoms with van der Waals surface area (Å²) in [5.74, 6) is 0. The fourth-order valence-electron chi connectivity index (χ4n) is 1.83. The predicted molar refractivity (Wildman–Crippen MR) is 70.3 cm³/mol. The van der Waals surface area contributed by atoms with Gasteiger partial charge in [0.05, 0.1) is 10.7 Å². The maximum atomic E-state index is 11.8. The van der Waals surface area contributed by atoms with Crippen molar-refractivity contribution in [1.82, 2.24) is 0 Å². The zero-order valence-electron chi connectivity index (χ0n) is 8.60. The van der Waals surface area contributed by atoms with Crippen LogP contribution in [0.1, 0.15) is 12.8 Å². The van der Waals surface area contributed by atoms with Crippen LogP contribution in [0, 0.1) is 0 Å². The molecule has 1 aromatic rings. The number of rotatable bonds is 1. The smallest absolute Gasteiger partial charge is 0.285 e. The first-order valence-electron chi connectivity index (χ1n) is 5.07. The Morgan fingerprint density at radius 1 is 1.41 bits per heavy atom. The van der Waals surface area contributed by atoms with Gasteiger partial charge in [0.25, 0.3) is 10.0 Å². The summed E-state index contributed by atoms with van der Waals surface area (Å²) in [6.07, 6.45) is 3.44. The van der Waals surface area contributed by atoms with Crippen molar-refractivity contribution in [3.05, 3.63) is 21.6 Å². The number of hydrogen-bond donors (Lipinski definition) is 0. The fraction of sp³-hybridized carbons (Fsp3) is 0.300. The highest BCUT2D eigenvalue weighted by Gasteiger charge is 2.36. The van der Waals surface area contributed by atoms with Crippen molar-refractivity contribution in [2.75, 3.05) is 4.90 Å². The Labute approximate surface area is 112 Å². The third kappa shape index (κ3) is 1.78. The first kappa shape index (κ1) is 11.5. The molecule has 17 heavy (non-hydrogen) atoms. The summed E-state index contributed by atoms with van der Waals surface area (Å²) in [7, 11) is -3.60. The van der Waals surface area contributed by atoms with Crippen LogP contribution >= 0.6 is 27.5 Å². The van der Waals surface area contributed by atoms with Crippen molar-refractivity contribution in [1.29, 1.82) is 0 Å². The average Bonchev–Trinajstić information content (AvgIpc) is 3.07. The molecule has 3 rings (SSSR count). The second-order valence-electron chi connectivity index (χ2n) is 4.04. The molecule has 0 atom stereocenters. The lowest BCUT2D eigenvalue weighted by Crippen LogP contribution is -2.29. The van der Waals surface area contributed by atoms with E-state index in [9.17, 15) is 8.42 Å². The van der Waals surface area contributed by atoms with Crippen molar-refractivity contribution in [3.8, 4) is 0 Å². The molecule has 0 amide bonds. The summed E-state index contributed by atoms with van der Waals surface area (Å²) in [4.78, 5) is 2.03. The van der Waals surface area contributed by atoms with Gasteiger partial charge in [0.15, 0.2) is 0 Å². The molecule has 0 saturated heterocycles. The molecule has 1 aliphatic carbocycles. The van der Waals surface area contributed by atoms with Gasteiger partial charge in [0, 0.05) is 10.5 Å². The van der Waals surface area contributed by atoms with Gasteiger partial charge in [-0.1, -0.05) is 11.6 Å². The lowest BCUT2D eigenvalue weighted by molar-refractivity contribution is 0.597. The Morgan fingerprint density at radius 2 is 2.12 bits per heavy atom. The van der Waals surface area contributed by atoms with Crippen LogP contribution in [0.2, 0.25) is 5.02 Å². The topological polar surface area (TPSA) is 49.7 Å². The molecule has 1 fully saturated rings. The van der Waals surface area contributed by atoms with E-state index >= 15 is 0 Å². The Balaban J connectivity index is 2.29. The van der Waals surface area contributed by atoms with Crippen LogP contribution in [0.3, 0.4) is 0 Å². The van der Waals surface area contributed by atoms with Gasteiger partial charge in [-0.15, -0.1) is 4.40 Å². The molecular weight excluding hydrogens is 328 g/mol. The highest BCUT2D eigenvalue weighted by Crippen LogP contribution is 2.44. The Hall–Kier alpha value is -0.590. The maximum Gasteiger partial charge on any atom is 0.285 e. The molecule has 0 unspecified atom stereocenters. The molecule has 90 valence electrons. The summed E-state index contributed by atoms with van der Waals surface area (Å²) in [6.45, 7) is 0. The number of halogens is 2. The molecule has 1 aliphatic heterocycles. The number of hydrogen-bond acceptors (Lipinski definition) is 3. The zero-order chi connectivity index (χ0) is 12.2. The normalized spacial score (nSPS) is 21.4. The van der Waals surface area contributed by atoms with Crippen LogP contribution in [0.4, 0.5) is 5.69 Å². The first-order chi connectivity index (χ1) is 8.00. The summed E-state index contributed by atoms with van der Waals surface area (Å²) >= 11 is 9.50. The minimum atomic E-state index is -3.60. The predicted octanol–water partition coefficient (Wildman–Crippen LogP) is 2.80. The number of sulfonamides is 1. The van der Waals surface area contributed by atoms with E-state index in [1.54, 1.807) is 6.07 Å². The molecule has 1 saturated carbocycles. The van der Waals surface area contributed by atoms with Gasteiger partial charge in [-0.3, -0.25) is 0 Å². The fourth-order valence-corrected chi connectivity index (χ4v) is 3.50. The van der Waals surface area contributed by atoms with Crippen LogP contribution in [-0.4, -0.2) is 20.8 Å². The summed E-state index contributed by atoms with van der Waals surface area (Å²) in [5, 5.41) is 0.420. The van der Waals surface area contributed by atoms with Crippen LogP contribution in [-0.2, 0) is 10.0 Å². The van der Waals surface area contributed by atoms with Crippen molar-refractivity contribution >= 4 is 49.6 Å². The van der Waals surface area contributed by atoms with Crippen LogP contribution < -0.4 is 4.90 Å². The van der Waals surface area contributed by atoms with E-state index in [1.165, 1.54) is 12.4 Å². The SMILES string of the molecule is O=S1(=O)N=CN(C2CC2)c2c1ccc(Br)c2Cl. The van der Waals surface area contributed by atoms with E-state index in [2.05, 4.69) is 20.3 Å². The summed E-state index contributed by atoms with van der Waals surface area (Å²) in [6, 6.07) is 3.48. The standard InChI is InChI=1S/C10H8BrClN2O2S/c11-7-3-4-8-10(9(7)12)14(6-1-2-6)5-13-17(8,15)16/h3-6H,1-2H2. The van der Waals surface area contributed by atoms with Gasteiger partial charge < -0.3 is 4.90 Å². The minimum absolute atomic E-state index is 0.181. The molecule has 0 aromatic heterocycles. The Kier molecular flexibility index (Phi) is 2.50. The first-order valence-corrected chi connectivity index (χ1v) is 7.68. The van der Waals surface area contributed by atoms with E-state index in [1.807, 2.05) is 4.90 Å². The molecule has 0 N–H and O–H groups in total. The van der Waals surface area contributed by atoms with E-state index in [0.29, 0.717) is 21.2 Å². The van der Waals surface area contributed by atoms with Gasteiger partial charge in [-0.2, -0.15) is 8.42 Å². The number of nitrogens with zero attached hydrogens (tertiary/aromatic N) is 2. The molecule has 0 radical (unpaired) electrons. The second-order valence-corrected chi connectivity index (χ2v) is 6.88. The van der Waals surface area contributed by atoms with Gasteiger partial charge in [-0.05, 0) is 40.9 Å². The number of fused-ring (bicyclic) bond motifs is 1. The van der Waals surface area contributed by atoms with Crippen LogP contribution in [0.25, 0.3) is 0 Å². The number of anilines is 1. The molecule has 0 bridgehead atoms. The third-order valence-corrected chi connectivity index (χ3v) is 5.35. The zero-order valence-corrected chi connectivity index (χ0v) is 11.8. The minimum Gasteiger partial charge on any atom is -0.326 e. The lowest BCUT2D eigenvalue weighted by Gasteiger charge is -2.26. The quantitative estimate of drug-likeness (QED) is 0.793. The number of benzene rings is 1. The van der Waals surface area contributed by atoms with Crippen molar-refractivity contribution < 1.29 is 8.42 Å². The summed E-state index contributed by atoms with van der Waals surface area (Å²) in [5.41, 5.74) is 0.540. The third-order valence-electron chi connectivity index (χ3n) is 2.82. The highest BCUT2D eigenvalue weighted by molar-refractivity contribution is 9.10. The largest absolute Gasteiger partial charge is 0.326 e. The van der Waals surface area contributed by atoms with Crippen LogP contribution in [0.5, 0.6) is 0 Å². The van der Waals surface area contributed by atoms with Gasteiger partial charge in [0.1, 0.15) is 11.2 Å². The van der Waals surface area contributed by atoms with E-state index < -0.39 is 10.0 Å². The van der Waals surface area contributed by atoms with Crippen LogP contribution in [0.15, 0.2) is 25.9 Å². The van der Waals surface area contributed by atoms with Crippen molar-refractivity contribution in [2.24, 2.45) is 4.40 Å². The second kappa shape index (κ2) is 3.70. The molecule has 1 heterocycles. The lowest BCUT2D eigenvalue weighted by atomic mass is 10.3. The van der Waals surface area contributed by atoms with E-state index in [-0.39, 0.29) is 4.90 Å². The molecule has 4 nitrogen and oxygen atoms in total. The molecule has 0 spiro atoms. The highest BCUT2D eigenvalue weighted by atomic mass is 79.9. The average molecular weight is 336 g/mol. The molecule has 1 aromatic carbocycles. The van der Waals surface area contributed by atoms with E-state index in [4.69, 9.17) is 11.6 Å². The van der Waals surface area contributed by atoms with E-state index in [0.717, 1.165) is 12.8 Å². The van der Waals surface area contributed by atoms with Gasteiger partial charge in [-0.25, -0.2) is 0 Å². The van der Waals surface area contributed by atoms with Crippen molar-refractivity contribution in [2.45, 2.75) is 23.8 Å². The Morgan fingerprint density at radius 3 is 2.76 bits per heavy atom. The molecular formula is C10H8BrClN2O2S. The monoisotopic (exact) mass is 334 g/mol.